The summed E-state index contributed by atoms with van der Waals surface area (Å²) in [4.78, 5) is 24.1. The summed E-state index contributed by atoms with van der Waals surface area (Å²) < 4.78 is 0. The van der Waals surface area contributed by atoms with Crippen LogP contribution in [0.15, 0.2) is 45.6 Å². The molecule has 1 aromatic carbocycles. The number of aromatic hydroxyl groups is 2. The van der Waals surface area contributed by atoms with Crippen molar-refractivity contribution in [1.82, 2.24) is 0 Å². The van der Waals surface area contributed by atoms with E-state index in [-0.39, 0.29) is 45.3 Å². The fraction of sp³-hybridized carbons (Fsp3) is 0.429. The highest BCUT2D eigenvalue weighted by atomic mass is 16.3. The van der Waals surface area contributed by atoms with Crippen molar-refractivity contribution in [3.05, 3.63) is 67.8 Å². The lowest BCUT2D eigenvalue weighted by atomic mass is 9.83. The van der Waals surface area contributed by atoms with Crippen molar-refractivity contribution in [2.75, 3.05) is 13.2 Å². The number of ketones is 2. The SMILES string of the molecule is CC(C)=CCC1=C(C)C(=O)C(CO)=C(CO)C1=O.CC(C)=CCc1c(C)c(O)c(CO)c(CO)c1O. The van der Waals surface area contributed by atoms with Gasteiger partial charge in [0, 0.05) is 39.0 Å². The second-order valence-electron chi connectivity index (χ2n) is 9.08. The topological polar surface area (TPSA) is 156 Å². The zero-order valence-corrected chi connectivity index (χ0v) is 21.9. The number of carbonyl (C=O) groups is 2. The van der Waals surface area contributed by atoms with Crippen molar-refractivity contribution in [2.45, 2.75) is 67.6 Å². The van der Waals surface area contributed by atoms with E-state index in [0.29, 0.717) is 35.1 Å². The van der Waals surface area contributed by atoms with Gasteiger partial charge in [0.15, 0.2) is 11.6 Å². The molecule has 198 valence electrons. The highest BCUT2D eigenvalue weighted by Gasteiger charge is 2.30. The van der Waals surface area contributed by atoms with Crippen LogP contribution in [-0.2, 0) is 29.2 Å². The predicted octanol–water partition coefficient (Wildman–Crippen LogP) is 2.99. The summed E-state index contributed by atoms with van der Waals surface area (Å²) in [5, 5.41) is 56.8. The van der Waals surface area contributed by atoms with Gasteiger partial charge in [0.1, 0.15) is 11.5 Å². The Kier molecular flexibility index (Phi) is 12.0. The fourth-order valence-corrected chi connectivity index (χ4v) is 3.79. The molecule has 36 heavy (non-hydrogen) atoms. The van der Waals surface area contributed by atoms with Crippen LogP contribution in [0.25, 0.3) is 0 Å². The Morgan fingerprint density at radius 3 is 1.50 bits per heavy atom. The van der Waals surface area contributed by atoms with E-state index in [1.807, 2.05) is 39.8 Å². The van der Waals surface area contributed by atoms with E-state index in [1.165, 1.54) is 0 Å². The van der Waals surface area contributed by atoms with Crippen LogP contribution in [0.5, 0.6) is 11.5 Å². The van der Waals surface area contributed by atoms with Crippen LogP contribution in [-0.4, -0.2) is 55.4 Å². The van der Waals surface area contributed by atoms with Crippen LogP contribution < -0.4 is 0 Å². The quantitative estimate of drug-likeness (QED) is 0.180. The molecule has 0 atom stereocenters. The molecule has 0 saturated heterocycles. The van der Waals surface area contributed by atoms with Crippen LogP contribution in [0.4, 0.5) is 0 Å². The largest absolute Gasteiger partial charge is 0.507 e. The predicted molar refractivity (Wildman–Crippen MR) is 137 cm³/mol. The minimum absolute atomic E-state index is 0.0148. The summed E-state index contributed by atoms with van der Waals surface area (Å²) in [6.45, 7) is 9.10. The Morgan fingerprint density at radius 2 is 1.06 bits per heavy atom. The number of phenols is 2. The fourth-order valence-electron chi connectivity index (χ4n) is 3.79. The Labute approximate surface area is 212 Å². The lowest BCUT2D eigenvalue weighted by Gasteiger charge is -2.19. The molecule has 0 aliphatic heterocycles. The molecule has 6 N–H and O–H groups in total. The minimum Gasteiger partial charge on any atom is -0.507 e. The summed E-state index contributed by atoms with van der Waals surface area (Å²) in [5.74, 6) is -0.791. The summed E-state index contributed by atoms with van der Waals surface area (Å²) in [6.07, 6.45) is 4.65. The molecule has 1 aliphatic rings. The molecular weight excluding hydrogens is 464 g/mol. The summed E-state index contributed by atoms with van der Waals surface area (Å²) in [6, 6.07) is 0. The molecule has 0 spiro atoms. The third kappa shape index (κ3) is 7.01. The average Bonchev–Trinajstić information content (AvgIpc) is 2.83. The number of aliphatic hydroxyl groups excluding tert-OH is 4. The molecular formula is C28H38O8. The molecule has 1 aliphatic carbocycles. The lowest BCUT2D eigenvalue weighted by molar-refractivity contribution is -0.117. The van der Waals surface area contributed by atoms with E-state index in [1.54, 1.807) is 13.8 Å². The van der Waals surface area contributed by atoms with Crippen LogP contribution in [0.3, 0.4) is 0 Å². The third-order valence-electron chi connectivity index (χ3n) is 6.07. The maximum atomic E-state index is 12.1. The Balaban J connectivity index is 0.000000360. The van der Waals surface area contributed by atoms with Gasteiger partial charge < -0.3 is 30.6 Å². The Hall–Kier alpha value is -3.04. The molecule has 2 rings (SSSR count). The van der Waals surface area contributed by atoms with Crippen LogP contribution in [0, 0.1) is 6.92 Å². The normalized spacial score (nSPS) is 13.5. The number of carbonyl (C=O) groups excluding carboxylic acids is 2. The van der Waals surface area contributed by atoms with Crippen molar-refractivity contribution in [3.8, 4) is 11.5 Å². The van der Waals surface area contributed by atoms with Crippen molar-refractivity contribution in [1.29, 1.82) is 0 Å². The van der Waals surface area contributed by atoms with Gasteiger partial charge in [0.2, 0.25) is 0 Å². The van der Waals surface area contributed by atoms with E-state index < -0.39 is 26.4 Å². The number of hydrogen-bond acceptors (Lipinski definition) is 8. The van der Waals surface area contributed by atoms with E-state index in [4.69, 9.17) is 5.11 Å². The van der Waals surface area contributed by atoms with Gasteiger partial charge in [-0.25, -0.2) is 0 Å². The van der Waals surface area contributed by atoms with Gasteiger partial charge in [-0.2, -0.15) is 0 Å². The standard InChI is InChI=1S/C14H20O4.C14H18O4/c2*1-8(2)4-5-10-9(3)13(17)11(6-15)12(7-16)14(10)18/h4,15-18H,5-7H2,1-3H3;4,15-16H,5-7H2,1-3H3. The Morgan fingerprint density at radius 1 is 0.611 bits per heavy atom. The zero-order valence-electron chi connectivity index (χ0n) is 21.9. The first-order valence-electron chi connectivity index (χ1n) is 11.6. The van der Waals surface area contributed by atoms with Gasteiger partial charge in [-0.3, -0.25) is 9.59 Å². The number of hydrogen-bond donors (Lipinski definition) is 6. The summed E-state index contributed by atoms with van der Waals surface area (Å²) in [7, 11) is 0. The van der Waals surface area contributed by atoms with Crippen LogP contribution in [0.1, 0.15) is 63.3 Å². The summed E-state index contributed by atoms with van der Waals surface area (Å²) in [5.41, 5.74) is 4.45. The number of aliphatic hydroxyl groups is 4. The molecule has 0 saturated carbocycles. The van der Waals surface area contributed by atoms with Gasteiger partial charge >= 0.3 is 0 Å². The molecule has 0 radical (unpaired) electrons. The van der Waals surface area contributed by atoms with Gasteiger partial charge in [0.25, 0.3) is 0 Å². The molecule has 0 amide bonds. The first-order valence-corrected chi connectivity index (χ1v) is 11.6. The number of benzene rings is 1. The lowest BCUT2D eigenvalue weighted by Crippen LogP contribution is -2.26. The molecule has 0 fully saturated rings. The molecule has 8 heteroatoms. The Bertz CT molecular complexity index is 1120. The van der Waals surface area contributed by atoms with Gasteiger partial charge in [-0.05, 0) is 59.9 Å². The molecule has 0 unspecified atom stereocenters. The van der Waals surface area contributed by atoms with E-state index >= 15 is 0 Å². The maximum absolute atomic E-state index is 12.1. The van der Waals surface area contributed by atoms with Gasteiger partial charge in [-0.15, -0.1) is 0 Å². The number of Topliss-reactive ketones (excluding diaryl/α,β-unsaturated/α-hetero) is 2. The molecule has 0 bridgehead atoms. The molecule has 8 nitrogen and oxygen atoms in total. The molecule has 0 aromatic heterocycles. The van der Waals surface area contributed by atoms with Crippen molar-refractivity contribution in [2.24, 2.45) is 0 Å². The van der Waals surface area contributed by atoms with Crippen LogP contribution >= 0.6 is 0 Å². The van der Waals surface area contributed by atoms with Gasteiger partial charge in [-0.1, -0.05) is 23.3 Å². The highest BCUT2D eigenvalue weighted by Crippen LogP contribution is 2.38. The van der Waals surface area contributed by atoms with Crippen LogP contribution in [0.2, 0.25) is 0 Å². The second-order valence-corrected chi connectivity index (χ2v) is 9.08. The smallest absolute Gasteiger partial charge is 0.188 e. The van der Waals surface area contributed by atoms with Crippen molar-refractivity contribution >= 4 is 11.6 Å². The maximum Gasteiger partial charge on any atom is 0.188 e. The first-order chi connectivity index (χ1) is 16.9. The van der Waals surface area contributed by atoms with E-state index in [2.05, 4.69) is 0 Å². The third-order valence-corrected chi connectivity index (χ3v) is 6.07. The van der Waals surface area contributed by atoms with E-state index in [0.717, 1.165) is 11.1 Å². The second kappa shape index (κ2) is 13.9. The summed E-state index contributed by atoms with van der Waals surface area (Å²) >= 11 is 0. The monoisotopic (exact) mass is 502 g/mol. The van der Waals surface area contributed by atoms with Crippen molar-refractivity contribution in [3.63, 3.8) is 0 Å². The van der Waals surface area contributed by atoms with Gasteiger partial charge in [0.05, 0.1) is 26.4 Å². The van der Waals surface area contributed by atoms with E-state index in [9.17, 15) is 35.1 Å². The van der Waals surface area contributed by atoms with Crippen molar-refractivity contribution < 1.29 is 40.2 Å². The average molecular weight is 503 g/mol. The highest BCUT2D eigenvalue weighted by molar-refractivity contribution is 6.25. The molecule has 1 aromatic rings. The number of allylic oxidation sites excluding steroid dienone is 6. The minimum atomic E-state index is -0.522. The first kappa shape index (κ1) is 31.0. The molecule has 0 heterocycles. The number of rotatable bonds is 8. The zero-order chi connectivity index (χ0) is 27.7.